The van der Waals surface area contributed by atoms with E-state index in [1.54, 1.807) is 9.80 Å². The first kappa shape index (κ1) is 39.1. The molecule has 5 heterocycles. The van der Waals surface area contributed by atoms with Gasteiger partial charge in [0.25, 0.3) is 0 Å². The van der Waals surface area contributed by atoms with E-state index in [-0.39, 0.29) is 43.0 Å². The minimum absolute atomic E-state index is 0. The number of carbonyl (C=O) groups is 2. The molecule has 5 aliphatic rings. The van der Waals surface area contributed by atoms with Gasteiger partial charge in [-0.15, -0.1) is 0 Å². The number of rotatable bonds is 0. The fourth-order valence-corrected chi connectivity index (χ4v) is 6.48. The number of nitrogens with zero attached hydrogens (tertiary/aromatic N) is 2. The molecule has 3 fully saturated rings. The zero-order chi connectivity index (χ0) is 35.6. The van der Waals surface area contributed by atoms with Crippen molar-refractivity contribution >= 4 is 18.3 Å². The summed E-state index contributed by atoms with van der Waals surface area (Å²) in [6.45, 7) is 13.9. The van der Waals surface area contributed by atoms with Crippen LogP contribution >= 0.6 is 0 Å². The molecule has 0 aliphatic carbocycles. The number of epoxide rings is 1. The summed E-state index contributed by atoms with van der Waals surface area (Å²) >= 11 is -4.21. The van der Waals surface area contributed by atoms with Crippen molar-refractivity contribution in [3.05, 3.63) is 73.2 Å². The fourth-order valence-electron chi connectivity index (χ4n) is 6.48. The Balaban J connectivity index is 0.000000200. The zero-order valence-corrected chi connectivity index (χ0v) is 32.7. The van der Waals surface area contributed by atoms with E-state index in [9.17, 15) is 9.59 Å². The number of ether oxygens (including phenoxy) is 5. The van der Waals surface area contributed by atoms with Crippen LogP contribution in [0.1, 0.15) is 84.5 Å². The third kappa shape index (κ3) is 9.77. The van der Waals surface area contributed by atoms with Crippen LogP contribution in [0.3, 0.4) is 0 Å². The molecular weight excluding hydrogens is 819 g/mol. The van der Waals surface area contributed by atoms with Crippen LogP contribution in [0, 0.1) is 7.43 Å². The summed E-state index contributed by atoms with van der Waals surface area (Å²) in [6, 6.07) is 16.1. The van der Waals surface area contributed by atoms with Crippen LogP contribution in [-0.2, 0) is 41.3 Å². The van der Waals surface area contributed by atoms with Gasteiger partial charge in [-0.05, 0) is 59.8 Å². The van der Waals surface area contributed by atoms with Gasteiger partial charge in [-0.3, -0.25) is 0 Å². The molecule has 2 amide bonds. The predicted octanol–water partition coefficient (Wildman–Crippen LogP) is 7.24. The molecule has 2 unspecified atom stereocenters. The summed E-state index contributed by atoms with van der Waals surface area (Å²) in [5.41, 5.74) is 0.772. The van der Waals surface area contributed by atoms with Gasteiger partial charge in [0.2, 0.25) is 0 Å². The maximum absolute atomic E-state index is 12.2. The van der Waals surface area contributed by atoms with Crippen LogP contribution in [0.4, 0.5) is 9.59 Å². The Morgan fingerprint density at radius 3 is 1.76 bits per heavy atom. The zero-order valence-electron chi connectivity index (χ0n) is 29.9. The average molecular weight is 868 g/mol. The molecule has 2 spiro atoms. The molecule has 0 saturated carbocycles. The first-order chi connectivity index (χ1) is 23.0. The minimum atomic E-state index is -4.21. The molecule has 0 radical (unpaired) electrons. The van der Waals surface area contributed by atoms with Crippen molar-refractivity contribution < 1.29 is 60.3 Å². The second-order valence-corrected chi connectivity index (χ2v) is 16.2. The number of hydrogen-bond donors (Lipinski definition) is 0. The third-order valence-electron chi connectivity index (χ3n) is 8.87. The van der Waals surface area contributed by atoms with E-state index >= 15 is 0 Å². The summed E-state index contributed by atoms with van der Waals surface area (Å²) in [7, 11) is 0. The van der Waals surface area contributed by atoms with Crippen molar-refractivity contribution in [2.45, 2.75) is 102 Å². The molecule has 275 valence electrons. The molecule has 2 aromatic carbocycles. The van der Waals surface area contributed by atoms with Crippen molar-refractivity contribution in [3.8, 4) is 11.5 Å². The van der Waals surface area contributed by atoms with Gasteiger partial charge in [-0.2, -0.15) is 0 Å². The molecular formula is C37H49N2O10Re-. The van der Waals surface area contributed by atoms with E-state index in [4.69, 9.17) is 34.1 Å². The normalized spacial score (nSPS) is 21.8. The summed E-state index contributed by atoms with van der Waals surface area (Å²) in [4.78, 5) is 27.9. The van der Waals surface area contributed by atoms with E-state index < -0.39 is 27.8 Å². The molecule has 2 atom stereocenters. The Labute approximate surface area is 300 Å². The van der Waals surface area contributed by atoms with Crippen molar-refractivity contribution in [2.24, 2.45) is 0 Å². The standard InChI is InChI=1S/C18H23NO4.C18H23NO3.CH3.3O.Re/c1-17(2,3)23-16(20)19-10-8-18(9-11-19)15-14(21-15)12-6-4-5-7-13(12)22-18;1-17(2,3)22-16(20)19-12-10-18(11-13-19)9-8-14-6-4-5-7-15(14)21-18;;;;;/h4-7,14-15H,8-11H2,1-3H3;4-9H,10-13H2,1-3H3;1H3;;;;/q;;-1;;;;. The second-order valence-electron chi connectivity index (χ2n) is 14.8. The Hall–Kier alpha value is -3.66. The summed E-state index contributed by atoms with van der Waals surface area (Å²) in [5.74, 6) is 1.85. The molecule has 5 aliphatic heterocycles. The number of carbonyl (C=O) groups excluding carboxylic acids is 2. The SMILES string of the molecule is CC(C)(C)OC(=O)N1CCC2(C=Cc3ccccc3O2)CC1.CC(C)(C)OC(=O)N1CCC2(CC1)Oc1ccccc1C1OC12.[CH3-].[O]=[Re](=[O])=[O]. The van der Waals surface area contributed by atoms with Gasteiger partial charge in [0.1, 0.15) is 46.1 Å². The molecule has 0 bridgehead atoms. The predicted molar refractivity (Wildman–Crippen MR) is 179 cm³/mol. The number of fused-ring (bicyclic) bond motifs is 5. The van der Waals surface area contributed by atoms with Gasteiger partial charge in [0, 0.05) is 63.0 Å². The van der Waals surface area contributed by atoms with E-state index in [1.807, 2.05) is 77.9 Å². The fraction of sp³-hybridized carbons (Fsp3) is 0.541. The van der Waals surface area contributed by atoms with Crippen molar-refractivity contribution in [2.75, 3.05) is 26.2 Å². The van der Waals surface area contributed by atoms with Crippen LogP contribution in [0.15, 0.2) is 54.6 Å². The molecule has 0 N–H and O–H groups in total. The topological polar surface area (TPSA) is 141 Å². The Bertz CT molecular complexity index is 1660. The van der Waals surface area contributed by atoms with E-state index in [0.717, 1.165) is 48.3 Å². The van der Waals surface area contributed by atoms with Crippen molar-refractivity contribution in [3.63, 3.8) is 0 Å². The summed E-state index contributed by atoms with van der Waals surface area (Å²) in [5, 5.41) is 0. The number of hydrogen-bond acceptors (Lipinski definition) is 10. The molecule has 7 rings (SSSR count). The number of piperidine rings is 2. The van der Waals surface area contributed by atoms with Crippen LogP contribution in [0.5, 0.6) is 11.5 Å². The first-order valence-corrected chi connectivity index (χ1v) is 19.9. The Morgan fingerprint density at radius 2 is 1.22 bits per heavy atom. The average Bonchev–Trinajstić information content (AvgIpc) is 3.83. The monoisotopic (exact) mass is 868 g/mol. The molecule has 50 heavy (non-hydrogen) atoms. The number of amides is 2. The Morgan fingerprint density at radius 1 is 0.740 bits per heavy atom. The van der Waals surface area contributed by atoms with E-state index in [0.29, 0.717) is 26.2 Å². The maximum atomic E-state index is 12.2. The Kier molecular flexibility index (Phi) is 12.0. The second kappa shape index (κ2) is 15.3. The van der Waals surface area contributed by atoms with Crippen LogP contribution in [0.25, 0.3) is 6.08 Å². The van der Waals surface area contributed by atoms with Gasteiger partial charge in [0.05, 0.1) is 0 Å². The van der Waals surface area contributed by atoms with Crippen LogP contribution < -0.4 is 9.47 Å². The molecule has 3 saturated heterocycles. The van der Waals surface area contributed by atoms with Gasteiger partial charge in [0.15, 0.2) is 0 Å². The summed E-state index contributed by atoms with van der Waals surface area (Å²) in [6.07, 6.45) is 7.21. The van der Waals surface area contributed by atoms with Crippen LogP contribution in [0.2, 0.25) is 0 Å². The van der Waals surface area contributed by atoms with E-state index in [2.05, 4.69) is 24.3 Å². The first-order valence-electron chi connectivity index (χ1n) is 16.6. The van der Waals surface area contributed by atoms with Gasteiger partial charge >= 0.3 is 39.2 Å². The number of likely N-dealkylation sites (tertiary alicyclic amines) is 2. The van der Waals surface area contributed by atoms with Gasteiger partial charge in [-0.25, -0.2) is 9.59 Å². The number of benzene rings is 2. The molecule has 13 heteroatoms. The van der Waals surface area contributed by atoms with Gasteiger partial charge < -0.3 is 40.9 Å². The van der Waals surface area contributed by atoms with Crippen LogP contribution in [-0.4, -0.2) is 76.7 Å². The van der Waals surface area contributed by atoms with E-state index in [1.165, 1.54) is 0 Å². The molecule has 12 nitrogen and oxygen atoms in total. The summed E-state index contributed by atoms with van der Waals surface area (Å²) < 4.78 is 55.2. The van der Waals surface area contributed by atoms with Crippen molar-refractivity contribution in [1.29, 1.82) is 0 Å². The molecule has 2 aromatic rings. The quantitative estimate of drug-likeness (QED) is 0.197. The number of para-hydroxylation sites is 2. The third-order valence-corrected chi connectivity index (χ3v) is 8.87. The molecule has 0 aromatic heterocycles. The van der Waals surface area contributed by atoms with Gasteiger partial charge in [-0.1, -0.05) is 42.5 Å². The van der Waals surface area contributed by atoms with Crippen molar-refractivity contribution in [1.82, 2.24) is 9.80 Å².